The maximum atomic E-state index is 13.2. The number of thioether (sulfide) groups is 2. The molecule has 2 aliphatic carbocycles. The summed E-state index contributed by atoms with van der Waals surface area (Å²) in [5.74, 6) is -0.0450. The fourth-order valence-corrected chi connectivity index (χ4v) is 7.76. The molecule has 0 aromatic rings. The Morgan fingerprint density at radius 3 is 2.55 bits per heavy atom. The first kappa shape index (κ1) is 23.2. The molecule has 31 heavy (non-hydrogen) atoms. The van der Waals surface area contributed by atoms with Crippen LogP contribution in [0.25, 0.3) is 0 Å². The first-order valence-electron chi connectivity index (χ1n) is 11.4. The maximum Gasteiger partial charge on any atom is 0.413 e. The van der Waals surface area contributed by atoms with Crippen LogP contribution in [-0.2, 0) is 14.3 Å². The molecule has 0 radical (unpaired) electrons. The van der Waals surface area contributed by atoms with Crippen molar-refractivity contribution in [3.05, 3.63) is 0 Å². The van der Waals surface area contributed by atoms with Gasteiger partial charge >= 0.3 is 6.09 Å². The normalized spacial score (nSPS) is 37.6. The molecule has 4 fully saturated rings. The highest BCUT2D eigenvalue weighted by molar-refractivity contribution is 8.01. The zero-order valence-corrected chi connectivity index (χ0v) is 19.3. The van der Waals surface area contributed by atoms with Crippen LogP contribution in [0.2, 0.25) is 0 Å². The second-order valence-corrected chi connectivity index (χ2v) is 11.6. The van der Waals surface area contributed by atoms with Crippen LogP contribution in [0.15, 0.2) is 0 Å². The zero-order valence-electron chi connectivity index (χ0n) is 17.6. The van der Waals surface area contributed by atoms with E-state index in [4.69, 9.17) is 4.74 Å². The molecule has 2 saturated heterocycles. The van der Waals surface area contributed by atoms with Crippen molar-refractivity contribution in [2.24, 2.45) is 11.8 Å². The van der Waals surface area contributed by atoms with Crippen molar-refractivity contribution in [3.8, 4) is 0 Å². The van der Waals surface area contributed by atoms with Crippen LogP contribution in [0.4, 0.5) is 9.18 Å². The molecule has 3 amide bonds. The Morgan fingerprint density at radius 1 is 1.00 bits per heavy atom. The number of hydrogen-bond acceptors (Lipinski definition) is 7. The number of alkyl carbamates (subject to hydrolysis) is 1. The SMILES string of the molecule is O=C(NC(=O)C1CCSC1NC(=O)C1NC2CCCCC2S1)OCC1CCC(F)CC1. The van der Waals surface area contributed by atoms with Gasteiger partial charge in [0.15, 0.2) is 0 Å². The largest absolute Gasteiger partial charge is 0.449 e. The average Bonchev–Trinajstić information content (AvgIpc) is 3.40. The lowest BCUT2D eigenvalue weighted by Crippen LogP contribution is -2.49. The van der Waals surface area contributed by atoms with Gasteiger partial charge in [-0.05, 0) is 56.6 Å². The number of carbonyl (C=O) groups is 3. The van der Waals surface area contributed by atoms with Gasteiger partial charge in [0.1, 0.15) is 11.5 Å². The van der Waals surface area contributed by atoms with Gasteiger partial charge in [-0.2, -0.15) is 0 Å². The van der Waals surface area contributed by atoms with E-state index in [1.54, 1.807) is 11.8 Å². The Hall–Kier alpha value is -1.00. The van der Waals surface area contributed by atoms with E-state index in [1.165, 1.54) is 24.6 Å². The summed E-state index contributed by atoms with van der Waals surface area (Å²) in [4.78, 5) is 37.5. The summed E-state index contributed by atoms with van der Waals surface area (Å²) < 4.78 is 18.4. The molecular weight excluding hydrogens is 441 g/mol. The van der Waals surface area contributed by atoms with Crippen LogP contribution in [0.3, 0.4) is 0 Å². The molecule has 7 nitrogen and oxygen atoms in total. The molecule has 2 heterocycles. The van der Waals surface area contributed by atoms with Gasteiger partial charge in [0, 0.05) is 11.3 Å². The van der Waals surface area contributed by atoms with Gasteiger partial charge < -0.3 is 10.1 Å². The average molecular weight is 474 g/mol. The lowest BCUT2D eigenvalue weighted by atomic mass is 9.89. The van der Waals surface area contributed by atoms with Crippen LogP contribution in [0.1, 0.15) is 57.8 Å². The van der Waals surface area contributed by atoms with E-state index >= 15 is 0 Å². The summed E-state index contributed by atoms with van der Waals surface area (Å²) in [5, 5.41) is 8.65. The number of nitrogens with one attached hydrogen (secondary N) is 3. The Bertz CT molecular complexity index is 663. The van der Waals surface area contributed by atoms with Crippen LogP contribution < -0.4 is 16.0 Å². The van der Waals surface area contributed by atoms with E-state index in [1.807, 2.05) is 0 Å². The molecule has 174 valence electrons. The standard InChI is InChI=1S/C21H32FN3O4S2/c22-13-7-5-12(6-8-13)11-29-21(28)25-17(26)14-9-10-30-19(14)24-18(27)20-23-15-3-1-2-4-16(15)31-20/h12-16,19-20,23H,1-11H2,(H,24,27)(H,25,26,28). The van der Waals surface area contributed by atoms with Crippen molar-refractivity contribution in [1.29, 1.82) is 0 Å². The molecule has 2 saturated carbocycles. The molecule has 0 bridgehead atoms. The van der Waals surface area contributed by atoms with E-state index < -0.39 is 24.1 Å². The number of hydrogen-bond donors (Lipinski definition) is 3. The lowest BCUT2D eigenvalue weighted by molar-refractivity contribution is -0.125. The fraction of sp³-hybridized carbons (Fsp3) is 0.857. The smallest absolute Gasteiger partial charge is 0.413 e. The lowest BCUT2D eigenvalue weighted by Gasteiger charge is -2.24. The number of carbonyl (C=O) groups excluding carboxylic acids is 3. The Labute approximate surface area is 191 Å². The second kappa shape index (κ2) is 10.7. The summed E-state index contributed by atoms with van der Waals surface area (Å²) in [6, 6.07) is 0.402. The summed E-state index contributed by atoms with van der Waals surface area (Å²) >= 11 is 3.23. The monoisotopic (exact) mass is 473 g/mol. The fourth-order valence-electron chi connectivity index (χ4n) is 4.92. The van der Waals surface area contributed by atoms with Crippen molar-refractivity contribution in [3.63, 3.8) is 0 Å². The van der Waals surface area contributed by atoms with Gasteiger partial charge in [-0.15, -0.1) is 23.5 Å². The molecule has 4 rings (SSSR count). The number of fused-ring (bicyclic) bond motifs is 1. The van der Waals surface area contributed by atoms with Crippen molar-refractivity contribution in [2.75, 3.05) is 12.4 Å². The molecular formula is C21H32FN3O4S2. The summed E-state index contributed by atoms with van der Waals surface area (Å²) in [6.45, 7) is 0.207. The molecule has 2 aliphatic heterocycles. The molecule has 10 heteroatoms. The molecule has 0 aromatic carbocycles. The van der Waals surface area contributed by atoms with Crippen molar-refractivity contribution in [1.82, 2.24) is 16.0 Å². The third-order valence-corrected chi connectivity index (χ3v) is 9.59. The number of amides is 3. The highest BCUT2D eigenvalue weighted by atomic mass is 32.2. The number of ether oxygens (including phenoxy) is 1. The third kappa shape index (κ3) is 6.07. The van der Waals surface area contributed by atoms with E-state index in [0.717, 1.165) is 18.6 Å². The Balaban J connectivity index is 1.21. The Kier molecular flexibility index (Phi) is 8.03. The van der Waals surface area contributed by atoms with E-state index in [2.05, 4.69) is 16.0 Å². The van der Waals surface area contributed by atoms with Crippen molar-refractivity contribution in [2.45, 2.75) is 86.0 Å². The zero-order chi connectivity index (χ0) is 21.8. The van der Waals surface area contributed by atoms with Gasteiger partial charge in [0.25, 0.3) is 0 Å². The quantitative estimate of drug-likeness (QED) is 0.565. The van der Waals surface area contributed by atoms with Crippen molar-refractivity contribution < 1.29 is 23.5 Å². The molecule has 4 aliphatic rings. The molecule has 5 atom stereocenters. The summed E-state index contributed by atoms with van der Waals surface area (Å²) in [5.41, 5.74) is 0. The second-order valence-electron chi connectivity index (χ2n) is 9.01. The Morgan fingerprint density at radius 2 is 1.77 bits per heavy atom. The van der Waals surface area contributed by atoms with Gasteiger partial charge in [-0.1, -0.05) is 12.8 Å². The predicted molar refractivity (Wildman–Crippen MR) is 119 cm³/mol. The van der Waals surface area contributed by atoms with Gasteiger partial charge in [0.2, 0.25) is 11.8 Å². The first-order chi connectivity index (χ1) is 15.0. The number of imide groups is 1. The predicted octanol–water partition coefficient (Wildman–Crippen LogP) is 2.94. The van der Waals surface area contributed by atoms with Gasteiger partial charge in [0.05, 0.1) is 17.9 Å². The summed E-state index contributed by atoms with van der Waals surface area (Å²) in [7, 11) is 0. The third-order valence-electron chi connectivity index (χ3n) is 6.78. The van der Waals surface area contributed by atoms with Crippen LogP contribution >= 0.6 is 23.5 Å². The topological polar surface area (TPSA) is 96.5 Å². The van der Waals surface area contributed by atoms with Crippen molar-refractivity contribution >= 4 is 41.4 Å². The van der Waals surface area contributed by atoms with E-state index in [9.17, 15) is 18.8 Å². The van der Waals surface area contributed by atoms with Crippen LogP contribution in [0, 0.1) is 11.8 Å². The minimum absolute atomic E-state index is 0.0809. The minimum Gasteiger partial charge on any atom is -0.449 e. The van der Waals surface area contributed by atoms with Crippen LogP contribution in [-0.4, -0.2) is 58.5 Å². The molecule has 3 N–H and O–H groups in total. The van der Waals surface area contributed by atoms with E-state index in [-0.39, 0.29) is 29.2 Å². The number of rotatable bonds is 5. The van der Waals surface area contributed by atoms with Crippen LogP contribution in [0.5, 0.6) is 0 Å². The number of alkyl halides is 1. The molecule has 0 aromatic heterocycles. The number of halogens is 1. The van der Waals surface area contributed by atoms with Gasteiger partial charge in [-0.3, -0.25) is 20.2 Å². The highest BCUT2D eigenvalue weighted by Gasteiger charge is 2.42. The maximum absolute atomic E-state index is 13.2. The minimum atomic E-state index is -0.758. The molecule has 5 unspecified atom stereocenters. The van der Waals surface area contributed by atoms with E-state index in [0.29, 0.717) is 43.4 Å². The van der Waals surface area contributed by atoms with Gasteiger partial charge in [-0.25, -0.2) is 9.18 Å². The first-order valence-corrected chi connectivity index (χ1v) is 13.4. The summed E-state index contributed by atoms with van der Waals surface area (Å²) in [6.07, 6.45) is 6.19. The highest BCUT2D eigenvalue weighted by Crippen LogP contribution is 2.37. The molecule has 0 spiro atoms.